The second-order valence-electron chi connectivity index (χ2n) is 7.66. The summed E-state index contributed by atoms with van der Waals surface area (Å²) in [6, 6.07) is 3.70. The van der Waals surface area contributed by atoms with E-state index in [1.54, 1.807) is 12.4 Å². The molecule has 3 aromatic rings. The number of piperidine rings is 1. The molecule has 29 heavy (non-hydrogen) atoms. The van der Waals surface area contributed by atoms with E-state index in [-0.39, 0.29) is 16.9 Å². The van der Waals surface area contributed by atoms with Crippen molar-refractivity contribution < 1.29 is 4.79 Å². The molecule has 5 rings (SSSR count). The first-order valence-corrected chi connectivity index (χ1v) is 10.4. The number of amides is 1. The third-order valence-corrected chi connectivity index (χ3v) is 6.72. The second kappa shape index (κ2) is 6.77. The van der Waals surface area contributed by atoms with E-state index < -0.39 is 0 Å². The molecule has 0 aromatic carbocycles. The Morgan fingerprint density at radius 1 is 1.31 bits per heavy atom. The molecular weight excluding hydrogens is 388 g/mol. The maximum Gasteiger partial charge on any atom is 0.265 e. The highest BCUT2D eigenvalue weighted by Crippen LogP contribution is 2.43. The van der Waals surface area contributed by atoms with Crippen LogP contribution in [0.1, 0.15) is 40.2 Å². The van der Waals surface area contributed by atoms with Gasteiger partial charge in [-0.05, 0) is 37.8 Å². The first-order valence-electron chi connectivity index (χ1n) is 9.60. The minimum absolute atomic E-state index is 0.0518. The average molecular weight is 408 g/mol. The van der Waals surface area contributed by atoms with Gasteiger partial charge in [0.25, 0.3) is 11.5 Å². The Balaban J connectivity index is 1.52. The molecule has 148 valence electrons. The number of hydrogen-bond acceptors (Lipinski definition) is 7. The lowest BCUT2D eigenvalue weighted by atomic mass is 9.77. The molecule has 1 amide bonds. The van der Waals surface area contributed by atoms with E-state index in [1.807, 2.05) is 17.0 Å². The Morgan fingerprint density at radius 3 is 2.97 bits per heavy atom. The van der Waals surface area contributed by atoms with E-state index in [4.69, 9.17) is 10.7 Å². The smallest absolute Gasteiger partial charge is 0.265 e. The summed E-state index contributed by atoms with van der Waals surface area (Å²) in [7, 11) is 0. The number of nitrogens with zero attached hydrogens (tertiary/aromatic N) is 4. The Labute approximate surface area is 170 Å². The molecule has 8 nitrogen and oxygen atoms in total. The topological polar surface area (TPSA) is 118 Å². The third-order valence-electron chi connectivity index (χ3n) is 5.90. The fraction of sp³-hybridized carbons (Fsp3) is 0.350. The van der Waals surface area contributed by atoms with Crippen LogP contribution in [0, 0.1) is 0 Å². The van der Waals surface area contributed by atoms with Crippen molar-refractivity contribution in [2.75, 3.05) is 18.8 Å². The summed E-state index contributed by atoms with van der Waals surface area (Å²) < 4.78 is 0. The number of aromatic amines is 1. The molecule has 2 aliphatic rings. The minimum atomic E-state index is -0.287. The largest absolute Gasteiger partial charge is 0.375 e. The van der Waals surface area contributed by atoms with E-state index in [9.17, 15) is 9.59 Å². The zero-order valence-corrected chi connectivity index (χ0v) is 16.5. The summed E-state index contributed by atoms with van der Waals surface area (Å²) in [6.07, 6.45) is 8.21. The molecule has 0 bridgehead atoms. The van der Waals surface area contributed by atoms with Crippen molar-refractivity contribution in [3.63, 3.8) is 0 Å². The Morgan fingerprint density at radius 2 is 2.21 bits per heavy atom. The number of thiazole rings is 1. The highest BCUT2D eigenvalue weighted by Gasteiger charge is 2.46. The van der Waals surface area contributed by atoms with Gasteiger partial charge in [-0.25, -0.2) is 9.97 Å². The summed E-state index contributed by atoms with van der Waals surface area (Å²) in [5, 5.41) is 0.389. The Bertz CT molecular complexity index is 1140. The van der Waals surface area contributed by atoms with Crippen LogP contribution in [-0.2, 0) is 11.8 Å². The Hall–Kier alpha value is -3.07. The lowest BCUT2D eigenvalue weighted by molar-refractivity contribution is 0.0638. The molecule has 1 spiro atoms. The number of fused-ring (bicyclic) bond motifs is 2. The van der Waals surface area contributed by atoms with Crippen molar-refractivity contribution in [3.8, 4) is 11.4 Å². The molecule has 4 heterocycles. The molecule has 1 aliphatic carbocycles. The van der Waals surface area contributed by atoms with Gasteiger partial charge in [-0.3, -0.25) is 14.6 Å². The number of carbonyl (C=O) groups is 1. The molecule has 0 saturated carbocycles. The first-order chi connectivity index (χ1) is 14.1. The van der Waals surface area contributed by atoms with Crippen molar-refractivity contribution in [2.45, 2.75) is 31.1 Å². The number of hydrogen-bond donors (Lipinski definition) is 2. The van der Waals surface area contributed by atoms with Crippen molar-refractivity contribution in [1.29, 1.82) is 0 Å². The lowest BCUT2D eigenvalue weighted by Crippen LogP contribution is -2.48. The molecule has 1 aliphatic heterocycles. The molecule has 1 fully saturated rings. The fourth-order valence-electron chi connectivity index (χ4n) is 4.54. The van der Waals surface area contributed by atoms with Crippen LogP contribution in [0.5, 0.6) is 0 Å². The van der Waals surface area contributed by atoms with E-state index in [0.29, 0.717) is 35.3 Å². The van der Waals surface area contributed by atoms with Crippen LogP contribution in [0.3, 0.4) is 0 Å². The van der Waals surface area contributed by atoms with Crippen LogP contribution in [0.4, 0.5) is 5.13 Å². The number of aromatic nitrogens is 4. The van der Waals surface area contributed by atoms with Gasteiger partial charge in [-0.15, -0.1) is 0 Å². The first kappa shape index (κ1) is 18.0. The maximum absolute atomic E-state index is 13.0. The minimum Gasteiger partial charge on any atom is -0.375 e. The average Bonchev–Trinajstić information content (AvgIpc) is 3.33. The monoisotopic (exact) mass is 408 g/mol. The maximum atomic E-state index is 13.0. The number of rotatable bonds is 2. The van der Waals surface area contributed by atoms with Gasteiger partial charge in [0.1, 0.15) is 10.7 Å². The summed E-state index contributed by atoms with van der Waals surface area (Å²) >= 11 is 1.21. The number of nitrogens with one attached hydrogen (secondary N) is 1. The highest BCUT2D eigenvalue weighted by molar-refractivity contribution is 7.17. The van der Waals surface area contributed by atoms with Gasteiger partial charge in [0.15, 0.2) is 5.13 Å². The van der Waals surface area contributed by atoms with Crippen LogP contribution >= 0.6 is 11.3 Å². The number of carbonyl (C=O) groups excluding carboxylic acids is 1. The van der Waals surface area contributed by atoms with E-state index in [0.717, 1.165) is 36.1 Å². The summed E-state index contributed by atoms with van der Waals surface area (Å²) in [4.78, 5) is 44.0. The number of pyridine rings is 1. The van der Waals surface area contributed by atoms with Crippen LogP contribution in [0.25, 0.3) is 11.4 Å². The fourth-order valence-corrected chi connectivity index (χ4v) is 5.19. The second-order valence-corrected chi connectivity index (χ2v) is 8.72. The molecule has 1 unspecified atom stereocenters. The predicted octanol–water partition coefficient (Wildman–Crippen LogP) is 1.99. The Kier molecular flexibility index (Phi) is 4.20. The predicted molar refractivity (Wildman–Crippen MR) is 110 cm³/mol. The number of anilines is 1. The molecule has 3 aromatic heterocycles. The molecule has 1 saturated heterocycles. The van der Waals surface area contributed by atoms with Gasteiger partial charge >= 0.3 is 0 Å². The van der Waals surface area contributed by atoms with Crippen LogP contribution in [0.2, 0.25) is 0 Å². The normalized spacial score (nSPS) is 20.8. The van der Waals surface area contributed by atoms with Gasteiger partial charge in [0.2, 0.25) is 0 Å². The van der Waals surface area contributed by atoms with Crippen LogP contribution in [0.15, 0.2) is 35.5 Å². The van der Waals surface area contributed by atoms with Crippen LogP contribution < -0.4 is 11.3 Å². The molecule has 9 heteroatoms. The summed E-state index contributed by atoms with van der Waals surface area (Å²) in [5.41, 5.74) is 7.67. The van der Waals surface area contributed by atoms with Gasteiger partial charge in [-0.2, -0.15) is 0 Å². The molecule has 0 radical (unpaired) electrons. The lowest BCUT2D eigenvalue weighted by Gasteiger charge is -2.40. The molecule has 1 atom stereocenters. The quantitative estimate of drug-likeness (QED) is 0.670. The number of nitrogens with two attached hydrogens (primary N) is 1. The van der Waals surface area contributed by atoms with E-state index in [1.165, 1.54) is 17.5 Å². The number of H-pyrrole nitrogens is 1. The summed E-state index contributed by atoms with van der Waals surface area (Å²) in [5.74, 6) is 0.478. The standard InChI is InChI=1S/C20H20N6O2S/c21-19-23-10-14(29-19)18(28)26-8-2-5-20(11-26)6-4-13-15(20)24-16(25-17(13)27)12-3-1-7-22-9-12/h1,3,7,9-10H,2,4-6,8,11H2,(H2,21,23)(H,24,25,27). The summed E-state index contributed by atoms with van der Waals surface area (Å²) in [6.45, 7) is 1.24. The zero-order chi connectivity index (χ0) is 20.0. The zero-order valence-electron chi connectivity index (χ0n) is 15.7. The van der Waals surface area contributed by atoms with Gasteiger partial charge in [0, 0.05) is 42.0 Å². The van der Waals surface area contributed by atoms with E-state index >= 15 is 0 Å². The number of likely N-dealkylation sites (tertiary alicyclic amines) is 1. The van der Waals surface area contributed by atoms with Gasteiger partial charge < -0.3 is 15.6 Å². The molecular formula is C20H20N6O2S. The van der Waals surface area contributed by atoms with Crippen LogP contribution in [-0.4, -0.2) is 43.8 Å². The van der Waals surface area contributed by atoms with Crippen molar-refractivity contribution in [1.82, 2.24) is 24.8 Å². The van der Waals surface area contributed by atoms with E-state index in [2.05, 4.69) is 15.0 Å². The van der Waals surface area contributed by atoms with Gasteiger partial charge in [0.05, 0.1) is 11.9 Å². The SMILES string of the molecule is Nc1ncc(C(=O)N2CCCC3(CCc4c3nc(-c3cccnc3)[nH]c4=O)C2)s1. The third kappa shape index (κ3) is 3.02. The van der Waals surface area contributed by atoms with Gasteiger partial charge in [-0.1, -0.05) is 11.3 Å². The molecule has 3 N–H and O–H groups in total. The van der Waals surface area contributed by atoms with Crippen molar-refractivity contribution >= 4 is 22.4 Å². The van der Waals surface area contributed by atoms with Crippen molar-refractivity contribution in [3.05, 3.63) is 57.2 Å². The van der Waals surface area contributed by atoms with Crippen molar-refractivity contribution in [2.24, 2.45) is 0 Å². The number of nitrogen functional groups attached to an aromatic ring is 1. The highest BCUT2D eigenvalue weighted by atomic mass is 32.1.